The van der Waals surface area contributed by atoms with Gasteiger partial charge in [-0.3, -0.25) is 9.59 Å². The zero-order chi connectivity index (χ0) is 60.3. The minimum atomic E-state index is -1.53. The van der Waals surface area contributed by atoms with Crippen molar-refractivity contribution in [1.82, 2.24) is 0 Å². The van der Waals surface area contributed by atoms with Crippen molar-refractivity contribution in [2.24, 2.45) is 10.8 Å². The molecule has 8 heteroatoms. The molecule has 6 atom stereocenters. The Balaban J connectivity index is 1.80. The van der Waals surface area contributed by atoms with Crippen molar-refractivity contribution in [3.63, 3.8) is 0 Å². The summed E-state index contributed by atoms with van der Waals surface area (Å²) in [5.41, 5.74) is -3.62. The lowest BCUT2D eigenvalue weighted by Crippen LogP contribution is -2.65. The van der Waals surface area contributed by atoms with Crippen molar-refractivity contribution in [1.29, 1.82) is 0 Å². The van der Waals surface area contributed by atoms with Crippen molar-refractivity contribution in [3.05, 3.63) is 120 Å². The molecule has 460 valence electrons. The molecule has 0 aliphatic heterocycles. The van der Waals surface area contributed by atoms with Gasteiger partial charge in [-0.15, -0.1) is 0 Å². The molecule has 81 heavy (non-hydrogen) atoms. The molecule has 0 aromatic rings. The SMILES string of the molecule is CCCCCC/C=C\CCCCCCCC(=O)O[C@H]1CC(C)(C)[C@](O)(/C=C/C(C)=C/C=C/C(C)=C/C=C/C=C(C)/C=C/C=C(C)/C=C/[C@@]2(O)C(C)(C)C[C@H](OC(=O)CCCCCCCCCCCCCCCC)C[C@@]2(C)O)[C@](C)(O)C1. The highest BCUT2D eigenvalue weighted by atomic mass is 16.5. The fraction of sp³-hybridized carbons (Fsp3) is 0.699. The molecule has 0 bridgehead atoms. The van der Waals surface area contributed by atoms with E-state index >= 15 is 0 Å². The van der Waals surface area contributed by atoms with Crippen LogP contribution in [0.3, 0.4) is 0 Å². The summed E-state index contributed by atoms with van der Waals surface area (Å²) >= 11 is 0. The third-order valence-electron chi connectivity index (χ3n) is 17.3. The Bertz CT molecular complexity index is 2080. The first kappa shape index (κ1) is 73.3. The molecule has 4 N–H and O–H groups in total. The van der Waals surface area contributed by atoms with Crippen LogP contribution in [-0.4, -0.2) is 67.0 Å². The lowest BCUT2D eigenvalue weighted by atomic mass is 9.57. The maximum Gasteiger partial charge on any atom is 0.306 e. The van der Waals surface area contributed by atoms with E-state index in [-0.39, 0.29) is 24.8 Å². The van der Waals surface area contributed by atoms with E-state index in [0.29, 0.717) is 25.7 Å². The summed E-state index contributed by atoms with van der Waals surface area (Å²) in [5, 5.41) is 47.4. The molecule has 2 saturated carbocycles. The molecule has 0 heterocycles. The van der Waals surface area contributed by atoms with Crippen LogP contribution in [0.15, 0.2) is 120 Å². The number of esters is 2. The molecule has 2 fully saturated rings. The number of aliphatic hydroxyl groups is 4. The quantitative estimate of drug-likeness (QED) is 0.0206. The van der Waals surface area contributed by atoms with Crippen LogP contribution in [-0.2, 0) is 19.1 Å². The number of allylic oxidation sites excluding steroid dienone is 18. The van der Waals surface area contributed by atoms with Gasteiger partial charge in [0.1, 0.15) is 23.4 Å². The van der Waals surface area contributed by atoms with E-state index in [9.17, 15) is 30.0 Å². The smallest absolute Gasteiger partial charge is 0.306 e. The molecular formula is C73H120O8. The first-order valence-corrected chi connectivity index (χ1v) is 32.4. The van der Waals surface area contributed by atoms with Crippen molar-refractivity contribution >= 4 is 11.9 Å². The van der Waals surface area contributed by atoms with Gasteiger partial charge < -0.3 is 29.9 Å². The van der Waals surface area contributed by atoms with E-state index < -0.39 is 45.4 Å². The molecule has 2 aliphatic rings. The Morgan fingerprint density at radius 3 is 1.01 bits per heavy atom. The van der Waals surface area contributed by atoms with E-state index in [0.717, 1.165) is 67.2 Å². The van der Waals surface area contributed by atoms with Crippen LogP contribution in [0.5, 0.6) is 0 Å². The standard InChI is InChI=1S/C73H120O8/c1-13-15-17-19-21-23-25-27-29-31-33-35-37-39-51-67(75)81-65-57-69(9,10)73(79,71(12,77)59-65)55-53-63(6)49-43-47-61(4)45-41-40-44-60(3)46-42-48-62(5)52-54-72(78)68(7,8)56-64(58-70(72,11)76)80-66(74)50-38-36-34-32-30-28-26-24-22-20-18-16-14-2/h24,26,40-49,52-55,64-65,76-79H,13-23,25,27-39,50-51,56-59H2,1-12H3/b26-24-,41-40+,46-42+,47-43+,54-52+,55-53+,60-44+,61-45+,62-48+,63-49+/t64-,65-,70+,71+,72+,73+/m0/s1. The zero-order valence-corrected chi connectivity index (χ0v) is 53.7. The van der Waals surface area contributed by atoms with Gasteiger partial charge in [-0.1, -0.05) is 271 Å². The second-order valence-corrected chi connectivity index (χ2v) is 26.3. The van der Waals surface area contributed by atoms with Gasteiger partial charge in [0.2, 0.25) is 0 Å². The number of ether oxygens (including phenoxy) is 2. The molecule has 0 spiro atoms. The third kappa shape index (κ3) is 28.1. The van der Waals surface area contributed by atoms with E-state index in [2.05, 4.69) is 26.0 Å². The third-order valence-corrected chi connectivity index (χ3v) is 17.3. The molecule has 0 saturated heterocycles. The molecule has 2 rings (SSSR count). The van der Waals surface area contributed by atoms with E-state index in [1.54, 1.807) is 26.0 Å². The largest absolute Gasteiger partial charge is 0.462 e. The second-order valence-electron chi connectivity index (χ2n) is 26.3. The normalized spacial score (nSPS) is 25.9. The molecule has 0 radical (unpaired) electrons. The van der Waals surface area contributed by atoms with Gasteiger partial charge in [-0.25, -0.2) is 0 Å². The Morgan fingerprint density at radius 2 is 0.679 bits per heavy atom. The summed E-state index contributed by atoms with van der Waals surface area (Å²) in [4.78, 5) is 25.7. The fourth-order valence-corrected chi connectivity index (χ4v) is 12.0. The maximum atomic E-state index is 12.9. The van der Waals surface area contributed by atoms with Crippen molar-refractivity contribution in [3.8, 4) is 0 Å². The summed E-state index contributed by atoms with van der Waals surface area (Å²) in [6.07, 6.45) is 63.3. The number of hydrogen-bond donors (Lipinski definition) is 4. The van der Waals surface area contributed by atoms with Crippen LogP contribution < -0.4 is 0 Å². The molecule has 2 aliphatic carbocycles. The van der Waals surface area contributed by atoms with Gasteiger partial charge in [0.05, 0.1) is 11.2 Å². The highest BCUT2D eigenvalue weighted by molar-refractivity contribution is 5.70. The minimum Gasteiger partial charge on any atom is -0.462 e. The van der Waals surface area contributed by atoms with Crippen LogP contribution in [0, 0.1) is 10.8 Å². The Hall–Kier alpha value is -3.82. The monoisotopic (exact) mass is 1120 g/mol. The Kier molecular flexibility index (Phi) is 35.2. The van der Waals surface area contributed by atoms with Crippen LogP contribution in [0.25, 0.3) is 0 Å². The van der Waals surface area contributed by atoms with Crippen LogP contribution in [0.1, 0.15) is 282 Å². The van der Waals surface area contributed by atoms with Crippen LogP contribution >= 0.6 is 0 Å². The van der Waals surface area contributed by atoms with E-state index in [1.165, 1.54) is 116 Å². The van der Waals surface area contributed by atoms with Gasteiger partial charge in [-0.2, -0.15) is 0 Å². The van der Waals surface area contributed by atoms with Gasteiger partial charge in [0, 0.05) is 36.5 Å². The van der Waals surface area contributed by atoms with Crippen molar-refractivity contribution < 1.29 is 39.5 Å². The summed E-state index contributed by atoms with van der Waals surface area (Å²) in [6, 6.07) is 0. The fourth-order valence-electron chi connectivity index (χ4n) is 12.0. The first-order valence-electron chi connectivity index (χ1n) is 32.4. The lowest BCUT2D eigenvalue weighted by Gasteiger charge is -2.55. The first-order chi connectivity index (χ1) is 38.3. The minimum absolute atomic E-state index is 0.161. The van der Waals surface area contributed by atoms with E-state index in [1.807, 2.05) is 128 Å². The lowest BCUT2D eigenvalue weighted by molar-refractivity contribution is -0.223. The topological polar surface area (TPSA) is 134 Å². The van der Waals surface area contributed by atoms with Crippen molar-refractivity contribution in [2.45, 2.75) is 317 Å². The molecule has 0 aromatic heterocycles. The van der Waals surface area contributed by atoms with Gasteiger partial charge in [-0.05, 0) is 105 Å². The summed E-state index contributed by atoms with van der Waals surface area (Å²) in [6.45, 7) is 23.5. The van der Waals surface area contributed by atoms with Gasteiger partial charge in [0.25, 0.3) is 0 Å². The molecule has 8 nitrogen and oxygen atoms in total. The average Bonchev–Trinajstić information content (AvgIpc) is 3.24. The van der Waals surface area contributed by atoms with Gasteiger partial charge >= 0.3 is 11.9 Å². The van der Waals surface area contributed by atoms with Crippen LogP contribution in [0.4, 0.5) is 0 Å². The predicted octanol–water partition coefficient (Wildman–Crippen LogP) is 19.1. The summed E-state index contributed by atoms with van der Waals surface area (Å²) in [5.74, 6) is -0.445. The number of hydrogen-bond acceptors (Lipinski definition) is 8. The van der Waals surface area contributed by atoms with Crippen LogP contribution in [0.2, 0.25) is 0 Å². The highest BCUT2D eigenvalue weighted by Gasteiger charge is 2.60. The predicted molar refractivity (Wildman–Crippen MR) is 343 cm³/mol. The average molecular weight is 1130 g/mol. The number of rotatable bonds is 40. The van der Waals surface area contributed by atoms with Gasteiger partial charge in [0.15, 0.2) is 0 Å². The molecule has 0 amide bonds. The number of unbranched alkanes of at least 4 members (excludes halogenated alkanes) is 22. The zero-order valence-electron chi connectivity index (χ0n) is 53.7. The molecule has 0 unspecified atom stereocenters. The molecule has 0 aromatic carbocycles. The molecular weight excluding hydrogens is 1000 g/mol. The summed E-state index contributed by atoms with van der Waals surface area (Å²) in [7, 11) is 0. The maximum absolute atomic E-state index is 12.9. The Labute approximate surface area is 496 Å². The highest BCUT2D eigenvalue weighted by Crippen LogP contribution is 2.52. The Morgan fingerprint density at radius 1 is 0.395 bits per heavy atom. The summed E-state index contributed by atoms with van der Waals surface area (Å²) < 4.78 is 11.8. The second kappa shape index (κ2) is 38.9. The van der Waals surface area contributed by atoms with E-state index in [4.69, 9.17) is 9.47 Å². The number of carbonyl (C=O) groups excluding carboxylic acids is 2. The number of carbonyl (C=O) groups is 2. The van der Waals surface area contributed by atoms with Crippen molar-refractivity contribution in [2.75, 3.05) is 0 Å².